The average molecular weight is 549 g/mol. The Morgan fingerprint density at radius 1 is 1.21 bits per heavy atom. The van der Waals surface area contributed by atoms with Gasteiger partial charge in [-0.25, -0.2) is 8.42 Å². The van der Waals surface area contributed by atoms with Crippen LogP contribution in [0.4, 0.5) is 5.82 Å². The van der Waals surface area contributed by atoms with Gasteiger partial charge in [-0.05, 0) is 56.6 Å². The number of amides is 1. The molecule has 1 aromatic carbocycles. The molecule has 0 unspecified atom stereocenters. The van der Waals surface area contributed by atoms with Gasteiger partial charge in [-0.1, -0.05) is 52.2 Å². The van der Waals surface area contributed by atoms with Gasteiger partial charge in [0, 0.05) is 17.4 Å². The normalized spacial score (nSPS) is 14.0. The fourth-order valence-electron chi connectivity index (χ4n) is 4.16. The number of alkyl halides is 1. The van der Waals surface area contributed by atoms with Gasteiger partial charge in [0.25, 0.3) is 5.91 Å². The highest BCUT2D eigenvalue weighted by atomic mass is 79.9. The molecule has 1 aliphatic rings. The molecule has 2 aromatic heterocycles. The lowest BCUT2D eigenvalue weighted by Gasteiger charge is -2.24. The van der Waals surface area contributed by atoms with Crippen molar-refractivity contribution in [1.29, 1.82) is 0 Å². The van der Waals surface area contributed by atoms with Crippen LogP contribution >= 0.6 is 15.9 Å². The topological polar surface area (TPSA) is 106 Å². The van der Waals surface area contributed by atoms with Crippen molar-refractivity contribution >= 4 is 48.8 Å². The van der Waals surface area contributed by atoms with Gasteiger partial charge in [-0.15, -0.1) is 0 Å². The third kappa shape index (κ3) is 5.46. The Balaban J connectivity index is 1.87. The van der Waals surface area contributed by atoms with Gasteiger partial charge in [0.1, 0.15) is 11.6 Å². The van der Waals surface area contributed by atoms with Crippen LogP contribution in [0.25, 0.3) is 22.4 Å². The number of furan rings is 1. The predicted octanol–water partition coefficient (Wildman–Crippen LogP) is 5.19. The van der Waals surface area contributed by atoms with Crippen molar-refractivity contribution in [1.82, 2.24) is 4.98 Å². The zero-order valence-corrected chi connectivity index (χ0v) is 21.9. The minimum absolute atomic E-state index is 0.216. The second-order valence-electron chi connectivity index (χ2n) is 9.09. The fourth-order valence-corrected chi connectivity index (χ4v) is 5.49. The fraction of sp³-hybridized carbons (Fsp3) is 0.440. The molecule has 0 bridgehead atoms. The highest BCUT2D eigenvalue weighted by molar-refractivity contribution is 9.09. The first-order chi connectivity index (χ1) is 16.2. The van der Waals surface area contributed by atoms with E-state index in [0.29, 0.717) is 35.8 Å². The standard InChI is InChI=1S/C25H30BrN3O4S/c1-16-6-10-18(11-7-16)22-21(23(27)30)20-15-19(14-17-8-9-17)24(28-25(20)33-22)29(34(2,31)32)13-5-3-4-12-26/h6-7,10-11,15,17H,3-5,8-9,12-14H2,1-2H3,(H2,27,30). The minimum Gasteiger partial charge on any atom is -0.437 e. The molecule has 0 saturated heterocycles. The number of primary amides is 1. The quantitative estimate of drug-likeness (QED) is 0.262. The summed E-state index contributed by atoms with van der Waals surface area (Å²) in [6.07, 6.45) is 6.71. The second-order valence-corrected chi connectivity index (χ2v) is 11.8. The van der Waals surface area contributed by atoms with Crippen molar-refractivity contribution in [3.8, 4) is 11.3 Å². The van der Waals surface area contributed by atoms with Gasteiger partial charge in [0.05, 0.1) is 17.2 Å². The number of aryl methyl sites for hydroxylation is 1. The SMILES string of the molecule is Cc1ccc(-c2oc3nc(N(CCCCCBr)S(C)(=O)=O)c(CC4CC4)cc3c2C(N)=O)cc1. The maximum Gasteiger partial charge on any atom is 0.253 e. The number of pyridine rings is 1. The van der Waals surface area contributed by atoms with Crippen LogP contribution in [0.3, 0.4) is 0 Å². The van der Waals surface area contributed by atoms with Gasteiger partial charge < -0.3 is 10.2 Å². The molecule has 182 valence electrons. The van der Waals surface area contributed by atoms with Crippen LogP contribution in [0.1, 0.15) is 53.6 Å². The molecule has 3 aromatic rings. The Morgan fingerprint density at radius 2 is 1.91 bits per heavy atom. The van der Waals surface area contributed by atoms with E-state index in [-0.39, 0.29) is 11.3 Å². The number of anilines is 1. The van der Waals surface area contributed by atoms with Gasteiger partial charge in [0.15, 0.2) is 0 Å². The second kappa shape index (κ2) is 10.1. The van der Waals surface area contributed by atoms with Crippen LogP contribution < -0.4 is 10.0 Å². The number of fused-ring (bicyclic) bond motifs is 1. The van der Waals surface area contributed by atoms with Crippen molar-refractivity contribution in [2.75, 3.05) is 22.4 Å². The molecule has 1 saturated carbocycles. The summed E-state index contributed by atoms with van der Waals surface area (Å²) in [5, 5.41) is 1.41. The van der Waals surface area contributed by atoms with Gasteiger partial charge >= 0.3 is 0 Å². The van der Waals surface area contributed by atoms with Crippen LogP contribution in [0.5, 0.6) is 0 Å². The number of rotatable bonds is 11. The number of hydrogen-bond acceptors (Lipinski definition) is 5. The Kier molecular flexibility index (Phi) is 7.33. The molecule has 9 heteroatoms. The molecule has 4 rings (SSSR count). The van der Waals surface area contributed by atoms with Crippen LogP contribution in [-0.4, -0.2) is 37.4 Å². The van der Waals surface area contributed by atoms with Crippen molar-refractivity contribution < 1.29 is 17.6 Å². The molecule has 1 amide bonds. The number of nitrogens with two attached hydrogens (primary N) is 1. The maximum absolute atomic E-state index is 12.8. The first kappa shape index (κ1) is 24.7. The smallest absolute Gasteiger partial charge is 0.253 e. The first-order valence-electron chi connectivity index (χ1n) is 11.6. The third-order valence-corrected chi connectivity index (χ3v) is 7.85. The van der Waals surface area contributed by atoms with Crippen LogP contribution in [-0.2, 0) is 16.4 Å². The highest BCUT2D eigenvalue weighted by Gasteiger charge is 2.30. The number of carbonyl (C=O) groups excluding carboxylic acids is 1. The summed E-state index contributed by atoms with van der Waals surface area (Å²) in [5.74, 6) is 0.637. The number of aromatic nitrogens is 1. The average Bonchev–Trinajstić information content (AvgIpc) is 3.50. The monoisotopic (exact) mass is 547 g/mol. The Labute approximate surface area is 208 Å². The molecule has 0 spiro atoms. The molecule has 1 aliphatic carbocycles. The Morgan fingerprint density at radius 3 is 2.50 bits per heavy atom. The number of unbranched alkanes of at least 4 members (excludes halogenated alkanes) is 2. The van der Waals surface area contributed by atoms with Crippen LogP contribution in [0.15, 0.2) is 34.7 Å². The number of nitrogens with zero attached hydrogens (tertiary/aromatic N) is 2. The van der Waals surface area contributed by atoms with E-state index in [1.165, 1.54) is 10.6 Å². The highest BCUT2D eigenvalue weighted by Crippen LogP contribution is 2.39. The lowest BCUT2D eigenvalue weighted by atomic mass is 10.0. The maximum atomic E-state index is 12.8. The van der Waals surface area contributed by atoms with E-state index in [1.54, 1.807) is 0 Å². The number of halogens is 1. The zero-order valence-electron chi connectivity index (χ0n) is 19.5. The van der Waals surface area contributed by atoms with E-state index in [0.717, 1.165) is 54.1 Å². The van der Waals surface area contributed by atoms with E-state index < -0.39 is 15.9 Å². The molecule has 34 heavy (non-hydrogen) atoms. The summed E-state index contributed by atoms with van der Waals surface area (Å²) >= 11 is 3.42. The molecule has 0 radical (unpaired) electrons. The van der Waals surface area contributed by atoms with E-state index >= 15 is 0 Å². The van der Waals surface area contributed by atoms with E-state index in [9.17, 15) is 13.2 Å². The molecule has 0 atom stereocenters. The van der Waals surface area contributed by atoms with Crippen LogP contribution in [0.2, 0.25) is 0 Å². The molecular weight excluding hydrogens is 518 g/mol. The summed E-state index contributed by atoms with van der Waals surface area (Å²) in [5.41, 5.74) is 8.88. The molecule has 7 nitrogen and oxygen atoms in total. The number of carbonyl (C=O) groups is 1. The lowest BCUT2D eigenvalue weighted by Crippen LogP contribution is -2.32. The summed E-state index contributed by atoms with van der Waals surface area (Å²) in [4.78, 5) is 17.2. The van der Waals surface area contributed by atoms with Crippen molar-refractivity contribution in [2.45, 2.75) is 45.4 Å². The summed E-state index contributed by atoms with van der Waals surface area (Å²) in [7, 11) is -3.56. The molecule has 2 N–H and O–H groups in total. The lowest BCUT2D eigenvalue weighted by molar-refractivity contribution is 0.100. The molecular formula is C25H30BrN3O4S. The number of hydrogen-bond donors (Lipinski definition) is 1. The Hall–Kier alpha value is -2.39. The molecule has 2 heterocycles. The van der Waals surface area contributed by atoms with Gasteiger partial charge in [-0.2, -0.15) is 4.98 Å². The zero-order chi connectivity index (χ0) is 24.5. The summed E-state index contributed by atoms with van der Waals surface area (Å²) in [6, 6.07) is 9.47. The van der Waals surface area contributed by atoms with Crippen LogP contribution in [0, 0.1) is 12.8 Å². The van der Waals surface area contributed by atoms with Crippen molar-refractivity contribution in [3.63, 3.8) is 0 Å². The minimum atomic E-state index is -3.56. The largest absolute Gasteiger partial charge is 0.437 e. The van der Waals surface area contributed by atoms with Gasteiger partial charge in [0.2, 0.25) is 15.7 Å². The van der Waals surface area contributed by atoms with Crippen molar-refractivity contribution in [3.05, 3.63) is 47.0 Å². The predicted molar refractivity (Wildman–Crippen MR) is 139 cm³/mol. The third-order valence-electron chi connectivity index (χ3n) is 6.14. The summed E-state index contributed by atoms with van der Waals surface area (Å²) in [6.45, 7) is 2.32. The van der Waals surface area contributed by atoms with E-state index in [1.807, 2.05) is 37.3 Å². The Bertz CT molecular complexity index is 1300. The summed E-state index contributed by atoms with van der Waals surface area (Å²) < 4.78 is 33.0. The van der Waals surface area contributed by atoms with Gasteiger partial charge in [-0.3, -0.25) is 9.10 Å². The molecule has 0 aliphatic heterocycles. The first-order valence-corrected chi connectivity index (χ1v) is 14.5. The van der Waals surface area contributed by atoms with Crippen molar-refractivity contribution in [2.24, 2.45) is 11.7 Å². The number of benzene rings is 1. The van der Waals surface area contributed by atoms with E-state index in [2.05, 4.69) is 15.9 Å². The van der Waals surface area contributed by atoms with E-state index in [4.69, 9.17) is 15.1 Å². The molecule has 1 fully saturated rings. The number of sulfonamides is 1.